The molecule has 42 heavy (non-hydrogen) atoms. The van der Waals surface area contributed by atoms with E-state index in [-0.39, 0.29) is 0 Å². The fourth-order valence-electron chi connectivity index (χ4n) is 7.00. The summed E-state index contributed by atoms with van der Waals surface area (Å²) < 4.78 is 2.86. The number of hydrogen-bond donors (Lipinski definition) is 0. The van der Waals surface area contributed by atoms with Crippen LogP contribution < -0.4 is 10.2 Å². The minimum atomic E-state index is -2.33. The zero-order chi connectivity index (χ0) is 32.7. The van der Waals surface area contributed by atoms with Crippen LogP contribution in [-0.2, 0) is 0 Å². The molecule has 0 aromatic heterocycles. The largest absolute Gasteiger partial charge is 0.652 e. The molecule has 0 saturated heterocycles. The number of unbranched alkanes of at least 4 members (excludes halogenated alkanes) is 6. The third-order valence-electron chi connectivity index (χ3n) is 9.48. The number of carboxylic acid groups (broad SMARTS) is 2. The van der Waals surface area contributed by atoms with Gasteiger partial charge in [-0.2, -0.15) is 0 Å². The van der Waals surface area contributed by atoms with Crippen LogP contribution in [0, 0.1) is 0 Å². The highest BCUT2D eigenvalue weighted by Crippen LogP contribution is 2.26. The van der Waals surface area contributed by atoms with Gasteiger partial charge in [-0.15, -0.1) is 0 Å². The fourth-order valence-corrected chi connectivity index (χ4v) is 7.00. The van der Waals surface area contributed by atoms with Crippen LogP contribution in [0.4, 0.5) is 4.79 Å². The van der Waals surface area contributed by atoms with E-state index in [0.717, 1.165) is 12.1 Å². The van der Waals surface area contributed by atoms with Gasteiger partial charge in [-0.25, -0.2) is 0 Å². The number of rotatable bonds is 26. The topological polar surface area (TPSA) is 63.2 Å². The lowest BCUT2D eigenvalue weighted by molar-refractivity contribution is -0.952. The van der Waals surface area contributed by atoms with Gasteiger partial charge in [0.25, 0.3) is 0 Å². The Hall–Kier alpha value is -0.810. The molecule has 0 spiro atoms. The monoisotopic (exact) mass is 601 g/mol. The molecule has 0 bridgehead atoms. The van der Waals surface area contributed by atoms with E-state index in [1.165, 1.54) is 164 Å². The minimum absolute atomic E-state index is 0.912. The van der Waals surface area contributed by atoms with Crippen LogP contribution in [0.1, 0.15) is 185 Å². The molecular weight excluding hydrogens is 520 g/mol. The van der Waals surface area contributed by atoms with Gasteiger partial charge in [0.2, 0.25) is 0 Å². The van der Waals surface area contributed by atoms with Crippen LogP contribution in [0.15, 0.2) is 0 Å². The Morgan fingerprint density at radius 3 is 0.738 bits per heavy atom. The average Bonchev–Trinajstić information content (AvgIpc) is 2.98. The van der Waals surface area contributed by atoms with Crippen LogP contribution in [-0.4, -0.2) is 66.5 Å². The van der Waals surface area contributed by atoms with Crippen molar-refractivity contribution in [1.82, 2.24) is 0 Å². The Bertz CT molecular complexity index is 466. The molecule has 0 radical (unpaired) electrons. The normalized spacial score (nSPS) is 13.0. The molecule has 0 aromatic carbocycles. The molecule has 0 saturated carbocycles. The standard InChI is InChI=1S/2C18H40N.CH2O3/c2*1-6-11-15-19(16-12-7-2,17-13-8-3)18(10-5)14-9-4;2-1(3)4/h2*18H,6-17H2,1-5H3;(H2,2,3,4)/q2*+1;/p-2. The van der Waals surface area contributed by atoms with Crippen LogP contribution in [0.2, 0.25) is 0 Å². The maximum absolute atomic E-state index is 8.33. The van der Waals surface area contributed by atoms with Crippen molar-refractivity contribution in [2.45, 2.75) is 197 Å². The SMILES string of the molecule is CCCC[N+](CCCC)(CCCC)C(CC)CCC.CCCC[N+](CCCC)(CCCC)C(CC)CCC.O=C([O-])[O-]. The van der Waals surface area contributed by atoms with Gasteiger partial charge in [-0.3, -0.25) is 0 Å². The van der Waals surface area contributed by atoms with Crippen LogP contribution in [0.25, 0.3) is 0 Å². The highest BCUT2D eigenvalue weighted by molar-refractivity contribution is 5.47. The van der Waals surface area contributed by atoms with Gasteiger partial charge in [0, 0.05) is 0 Å². The van der Waals surface area contributed by atoms with Crippen LogP contribution >= 0.6 is 0 Å². The predicted octanol–water partition coefficient (Wildman–Crippen LogP) is 9.12. The van der Waals surface area contributed by atoms with Gasteiger partial charge in [-0.1, -0.05) is 121 Å². The Morgan fingerprint density at radius 1 is 0.429 bits per heavy atom. The molecule has 0 amide bonds. The first-order valence-electron chi connectivity index (χ1n) is 18.7. The number of quaternary nitrogens is 2. The summed E-state index contributed by atoms with van der Waals surface area (Å²) >= 11 is 0. The van der Waals surface area contributed by atoms with E-state index in [9.17, 15) is 0 Å². The molecule has 5 nitrogen and oxygen atoms in total. The van der Waals surface area contributed by atoms with Gasteiger partial charge >= 0.3 is 0 Å². The maximum Gasteiger partial charge on any atom is 0.0887 e. The van der Waals surface area contributed by atoms with E-state index in [4.69, 9.17) is 15.0 Å². The van der Waals surface area contributed by atoms with Crippen LogP contribution in [0.5, 0.6) is 0 Å². The van der Waals surface area contributed by atoms with E-state index in [0.29, 0.717) is 0 Å². The van der Waals surface area contributed by atoms with E-state index < -0.39 is 6.16 Å². The second kappa shape index (κ2) is 31.6. The molecule has 0 aliphatic carbocycles. The first-order valence-corrected chi connectivity index (χ1v) is 18.7. The summed E-state index contributed by atoms with van der Waals surface area (Å²) in [5, 5.41) is 16.7. The molecule has 0 heterocycles. The minimum Gasteiger partial charge on any atom is -0.652 e. The van der Waals surface area contributed by atoms with E-state index >= 15 is 0 Å². The third-order valence-corrected chi connectivity index (χ3v) is 9.48. The van der Waals surface area contributed by atoms with Crippen molar-refractivity contribution < 1.29 is 24.0 Å². The van der Waals surface area contributed by atoms with E-state index in [2.05, 4.69) is 69.2 Å². The second-order valence-electron chi connectivity index (χ2n) is 12.9. The van der Waals surface area contributed by atoms with E-state index in [1.807, 2.05) is 0 Å². The lowest BCUT2D eigenvalue weighted by atomic mass is 10.0. The second-order valence-corrected chi connectivity index (χ2v) is 12.9. The molecule has 0 rings (SSSR count). The number of hydrogen-bond acceptors (Lipinski definition) is 3. The Labute approximate surface area is 266 Å². The highest BCUT2D eigenvalue weighted by atomic mass is 16.6. The van der Waals surface area contributed by atoms with Crippen molar-refractivity contribution in [2.75, 3.05) is 39.3 Å². The molecule has 0 N–H and O–H groups in total. The first kappa shape index (κ1) is 45.6. The van der Waals surface area contributed by atoms with Gasteiger partial charge < -0.3 is 24.0 Å². The molecular formula is C37H80N2O3. The Morgan fingerprint density at radius 2 is 0.619 bits per heavy atom. The zero-order valence-corrected chi connectivity index (χ0v) is 30.7. The number of nitrogens with zero attached hydrogens (tertiary/aromatic N) is 2. The summed E-state index contributed by atoms with van der Waals surface area (Å²) in [5.41, 5.74) is 0. The molecule has 0 fully saturated rings. The fraction of sp³-hybridized carbons (Fsp3) is 0.973. The number of carbonyl (C=O) groups is 1. The van der Waals surface area contributed by atoms with Gasteiger partial charge in [0.1, 0.15) is 0 Å². The van der Waals surface area contributed by atoms with Gasteiger partial charge in [0.15, 0.2) is 0 Å². The summed E-state index contributed by atoms with van der Waals surface area (Å²) in [6, 6.07) is 1.82. The Kier molecular flexibility index (Phi) is 34.3. The lowest BCUT2D eigenvalue weighted by Crippen LogP contribution is -2.57. The summed E-state index contributed by atoms with van der Waals surface area (Å²) in [6.07, 6.45) is 22.5. The van der Waals surface area contributed by atoms with Crippen molar-refractivity contribution in [2.24, 2.45) is 0 Å². The number of carbonyl (C=O) groups excluding carboxylic acids is 1. The third kappa shape index (κ3) is 21.8. The van der Waals surface area contributed by atoms with Crippen molar-refractivity contribution in [3.8, 4) is 0 Å². The lowest BCUT2D eigenvalue weighted by Gasteiger charge is -2.45. The van der Waals surface area contributed by atoms with Crippen molar-refractivity contribution in [1.29, 1.82) is 0 Å². The zero-order valence-electron chi connectivity index (χ0n) is 30.7. The summed E-state index contributed by atoms with van der Waals surface area (Å²) in [4.78, 5) is 8.33. The highest BCUT2D eigenvalue weighted by Gasteiger charge is 2.34. The maximum atomic E-state index is 8.33. The molecule has 2 atom stereocenters. The Balaban J connectivity index is -0.000000641. The average molecular weight is 601 g/mol. The van der Waals surface area contributed by atoms with E-state index in [1.54, 1.807) is 0 Å². The summed E-state index contributed by atoms with van der Waals surface area (Å²) in [7, 11) is 0. The predicted molar refractivity (Wildman–Crippen MR) is 183 cm³/mol. The summed E-state index contributed by atoms with van der Waals surface area (Å²) in [5.74, 6) is 0. The smallest absolute Gasteiger partial charge is 0.0887 e. The van der Waals surface area contributed by atoms with Crippen molar-refractivity contribution in [3.63, 3.8) is 0 Å². The van der Waals surface area contributed by atoms with Gasteiger partial charge in [-0.05, 0) is 70.4 Å². The van der Waals surface area contributed by atoms with Crippen molar-refractivity contribution >= 4 is 6.16 Å². The van der Waals surface area contributed by atoms with Crippen molar-refractivity contribution in [3.05, 3.63) is 0 Å². The molecule has 0 aliphatic heterocycles. The molecule has 5 heteroatoms. The quantitative estimate of drug-likeness (QED) is 0.0930. The molecule has 256 valence electrons. The molecule has 2 unspecified atom stereocenters. The molecule has 0 aromatic rings. The molecule has 0 aliphatic rings. The van der Waals surface area contributed by atoms with Crippen LogP contribution in [0.3, 0.4) is 0 Å². The summed E-state index contributed by atoms with van der Waals surface area (Å²) in [6.45, 7) is 32.2. The van der Waals surface area contributed by atoms with Gasteiger partial charge in [0.05, 0.1) is 51.4 Å². The first-order chi connectivity index (χ1) is 20.1.